The van der Waals surface area contributed by atoms with Gasteiger partial charge in [0.05, 0.1) is 5.56 Å². The van der Waals surface area contributed by atoms with Crippen LogP contribution in [0.25, 0.3) is 0 Å². The molecule has 0 aromatic heterocycles. The molecule has 0 amide bonds. The van der Waals surface area contributed by atoms with Gasteiger partial charge in [-0.2, -0.15) is 13.2 Å². The smallest absolute Gasteiger partial charge is 0.315 e. The van der Waals surface area contributed by atoms with Crippen LogP contribution in [0.1, 0.15) is 17.5 Å². The minimum Gasteiger partial charge on any atom is -0.315 e. The van der Waals surface area contributed by atoms with Gasteiger partial charge in [0.1, 0.15) is 5.82 Å². The van der Waals surface area contributed by atoms with E-state index in [9.17, 15) is 17.6 Å². The summed E-state index contributed by atoms with van der Waals surface area (Å²) in [6.07, 6.45) is -3.56. The van der Waals surface area contributed by atoms with Crippen LogP contribution >= 0.6 is 12.4 Å². The molecule has 1 aromatic carbocycles. The van der Waals surface area contributed by atoms with E-state index in [0.717, 1.165) is 38.7 Å². The highest BCUT2D eigenvalue weighted by molar-refractivity contribution is 5.85. The molecule has 0 radical (unpaired) electrons. The van der Waals surface area contributed by atoms with Gasteiger partial charge in [-0.05, 0) is 43.3 Å². The van der Waals surface area contributed by atoms with E-state index in [1.807, 2.05) is 4.90 Å². The van der Waals surface area contributed by atoms with Crippen molar-refractivity contribution in [3.05, 3.63) is 35.1 Å². The van der Waals surface area contributed by atoms with Crippen molar-refractivity contribution in [2.75, 3.05) is 26.2 Å². The van der Waals surface area contributed by atoms with E-state index in [0.29, 0.717) is 18.2 Å². The summed E-state index contributed by atoms with van der Waals surface area (Å²) in [5.41, 5.74) is -0.551. The molecule has 20 heavy (non-hydrogen) atoms. The van der Waals surface area contributed by atoms with E-state index < -0.39 is 17.6 Å². The lowest BCUT2D eigenvalue weighted by Gasteiger charge is -2.20. The van der Waals surface area contributed by atoms with E-state index in [1.54, 1.807) is 0 Å². The van der Waals surface area contributed by atoms with Gasteiger partial charge < -0.3 is 5.32 Å². The summed E-state index contributed by atoms with van der Waals surface area (Å²) < 4.78 is 51.1. The first-order chi connectivity index (χ1) is 8.95. The summed E-state index contributed by atoms with van der Waals surface area (Å²) >= 11 is 0. The van der Waals surface area contributed by atoms with Crippen LogP contribution in [0, 0.1) is 5.82 Å². The van der Waals surface area contributed by atoms with Gasteiger partial charge in [-0.15, -0.1) is 12.4 Å². The van der Waals surface area contributed by atoms with Gasteiger partial charge in [-0.1, -0.05) is 0 Å². The first-order valence-electron chi connectivity index (χ1n) is 6.25. The van der Waals surface area contributed by atoms with E-state index >= 15 is 0 Å². The third kappa shape index (κ3) is 4.92. The van der Waals surface area contributed by atoms with Crippen molar-refractivity contribution in [1.29, 1.82) is 0 Å². The van der Waals surface area contributed by atoms with Gasteiger partial charge in [-0.3, -0.25) is 4.90 Å². The molecule has 1 aliphatic rings. The molecule has 0 spiro atoms. The second-order valence-corrected chi connectivity index (χ2v) is 4.73. The number of benzene rings is 1. The summed E-state index contributed by atoms with van der Waals surface area (Å²) in [6, 6.07) is 2.74. The fourth-order valence-corrected chi connectivity index (χ4v) is 2.22. The maximum atomic E-state index is 13.3. The Kier molecular flexibility index (Phi) is 6.23. The summed E-state index contributed by atoms with van der Waals surface area (Å²) in [5, 5.41) is 3.21. The maximum Gasteiger partial charge on any atom is 0.416 e. The van der Waals surface area contributed by atoms with Crippen molar-refractivity contribution < 1.29 is 17.6 Å². The Hall–Kier alpha value is -0.850. The quantitative estimate of drug-likeness (QED) is 0.844. The van der Waals surface area contributed by atoms with E-state index in [4.69, 9.17) is 0 Å². The lowest BCUT2D eigenvalue weighted by Crippen LogP contribution is -2.27. The number of alkyl halides is 3. The average molecular weight is 313 g/mol. The molecule has 1 aromatic rings. The Morgan fingerprint density at radius 2 is 1.85 bits per heavy atom. The Morgan fingerprint density at radius 1 is 1.10 bits per heavy atom. The molecule has 0 aliphatic carbocycles. The molecule has 0 atom stereocenters. The summed E-state index contributed by atoms with van der Waals surface area (Å²) in [6.45, 7) is 3.64. The largest absolute Gasteiger partial charge is 0.416 e. The average Bonchev–Trinajstić information content (AvgIpc) is 2.55. The number of nitrogens with one attached hydrogen (secondary N) is 1. The predicted molar refractivity (Wildman–Crippen MR) is 71.4 cm³/mol. The lowest BCUT2D eigenvalue weighted by molar-refractivity contribution is -0.137. The van der Waals surface area contributed by atoms with Gasteiger partial charge in [-0.25, -0.2) is 4.39 Å². The van der Waals surface area contributed by atoms with E-state index in [2.05, 4.69) is 5.32 Å². The van der Waals surface area contributed by atoms with Gasteiger partial charge in [0, 0.05) is 19.6 Å². The molecular formula is C13H17ClF4N2. The zero-order valence-electron chi connectivity index (χ0n) is 10.8. The third-order valence-electron chi connectivity index (χ3n) is 3.12. The summed E-state index contributed by atoms with van der Waals surface area (Å²) in [5.74, 6) is -0.835. The van der Waals surface area contributed by atoms with Crippen LogP contribution in [0.4, 0.5) is 17.6 Å². The van der Waals surface area contributed by atoms with Crippen LogP contribution < -0.4 is 5.32 Å². The molecule has 1 fully saturated rings. The van der Waals surface area contributed by atoms with Crippen molar-refractivity contribution in [3.63, 3.8) is 0 Å². The maximum absolute atomic E-state index is 13.3. The topological polar surface area (TPSA) is 15.3 Å². The van der Waals surface area contributed by atoms with Crippen molar-refractivity contribution >= 4 is 12.4 Å². The zero-order valence-corrected chi connectivity index (χ0v) is 11.7. The Labute approximate surface area is 121 Å². The van der Waals surface area contributed by atoms with E-state index in [-0.39, 0.29) is 12.4 Å². The van der Waals surface area contributed by atoms with Gasteiger partial charge >= 0.3 is 6.18 Å². The highest BCUT2D eigenvalue weighted by Gasteiger charge is 2.31. The highest BCUT2D eigenvalue weighted by Crippen LogP contribution is 2.30. The molecule has 1 heterocycles. The minimum absolute atomic E-state index is 0. The number of nitrogens with zero attached hydrogens (tertiary/aromatic N) is 1. The molecule has 1 aliphatic heterocycles. The van der Waals surface area contributed by atoms with Crippen LogP contribution in [0.5, 0.6) is 0 Å². The van der Waals surface area contributed by atoms with Crippen LogP contribution in [0.15, 0.2) is 18.2 Å². The van der Waals surface area contributed by atoms with Gasteiger partial charge in [0.15, 0.2) is 0 Å². The minimum atomic E-state index is -4.50. The van der Waals surface area contributed by atoms with E-state index in [1.165, 1.54) is 6.07 Å². The standard InChI is InChI=1S/C13H16F4N2.ClH/c14-12-7-10(6-11(8-12)13(15,16)17)9-19-4-1-2-18-3-5-19;/h6-8,18H,1-5,9H2;1H. The molecule has 1 N–H and O–H groups in total. The van der Waals surface area contributed by atoms with Crippen LogP contribution in [0.3, 0.4) is 0 Å². The molecule has 114 valence electrons. The Balaban J connectivity index is 0.00000200. The van der Waals surface area contributed by atoms with Crippen LogP contribution in [-0.2, 0) is 12.7 Å². The fraction of sp³-hybridized carbons (Fsp3) is 0.538. The number of hydrogen-bond acceptors (Lipinski definition) is 2. The zero-order chi connectivity index (χ0) is 13.9. The monoisotopic (exact) mass is 312 g/mol. The van der Waals surface area contributed by atoms with Crippen molar-refractivity contribution in [1.82, 2.24) is 10.2 Å². The number of hydrogen-bond donors (Lipinski definition) is 1. The third-order valence-corrected chi connectivity index (χ3v) is 3.12. The predicted octanol–water partition coefficient (Wildman–Crippen LogP) is 3.06. The number of rotatable bonds is 2. The molecule has 2 nitrogen and oxygen atoms in total. The van der Waals surface area contributed by atoms with Crippen LogP contribution in [-0.4, -0.2) is 31.1 Å². The van der Waals surface area contributed by atoms with Crippen molar-refractivity contribution in [2.24, 2.45) is 0 Å². The second-order valence-electron chi connectivity index (χ2n) is 4.73. The summed E-state index contributed by atoms with van der Waals surface area (Å²) in [7, 11) is 0. The lowest BCUT2D eigenvalue weighted by atomic mass is 10.1. The van der Waals surface area contributed by atoms with Gasteiger partial charge in [0.2, 0.25) is 0 Å². The first kappa shape index (κ1) is 17.2. The van der Waals surface area contributed by atoms with Crippen LogP contribution in [0.2, 0.25) is 0 Å². The molecule has 0 bridgehead atoms. The molecule has 7 heteroatoms. The highest BCUT2D eigenvalue weighted by atomic mass is 35.5. The second kappa shape index (κ2) is 7.24. The van der Waals surface area contributed by atoms with Crippen molar-refractivity contribution in [3.8, 4) is 0 Å². The molecule has 0 saturated carbocycles. The fourth-order valence-electron chi connectivity index (χ4n) is 2.22. The Bertz CT molecular complexity index is 429. The molecule has 2 rings (SSSR count). The first-order valence-corrected chi connectivity index (χ1v) is 6.25. The number of halogens is 5. The SMILES string of the molecule is Cl.Fc1cc(CN2CCCNCC2)cc(C(F)(F)F)c1. The normalized spacial score (nSPS) is 17.4. The molecular weight excluding hydrogens is 296 g/mol. The molecule has 0 unspecified atom stereocenters. The summed E-state index contributed by atoms with van der Waals surface area (Å²) in [4.78, 5) is 2.04. The van der Waals surface area contributed by atoms with Crippen molar-refractivity contribution in [2.45, 2.75) is 19.1 Å². The Morgan fingerprint density at radius 3 is 2.55 bits per heavy atom. The molecule has 1 saturated heterocycles. The van der Waals surface area contributed by atoms with Gasteiger partial charge in [0.25, 0.3) is 0 Å².